The van der Waals surface area contributed by atoms with Crippen LogP contribution < -0.4 is 19.7 Å². The highest BCUT2D eigenvalue weighted by Gasteiger charge is 2.27. The van der Waals surface area contributed by atoms with Gasteiger partial charge in [-0.1, -0.05) is 12.1 Å². The fraction of sp³-hybridized carbons (Fsp3) is 0.286. The quantitative estimate of drug-likeness (QED) is 0.751. The summed E-state index contributed by atoms with van der Waals surface area (Å²) >= 11 is 0. The van der Waals surface area contributed by atoms with Gasteiger partial charge in [0.15, 0.2) is 6.10 Å². The highest BCUT2D eigenvalue weighted by molar-refractivity contribution is 6.00. The Bertz CT molecular complexity index is 896. The number of amides is 2. The van der Waals surface area contributed by atoms with E-state index in [0.29, 0.717) is 22.9 Å². The average Bonchev–Trinajstić information content (AvgIpc) is 2.87. The molecule has 2 aromatic carbocycles. The zero-order valence-corrected chi connectivity index (χ0v) is 16.2. The number of carbonyl (C=O) groups excluding carboxylic acids is 3. The number of benzene rings is 2. The second-order valence-electron chi connectivity index (χ2n) is 6.40. The van der Waals surface area contributed by atoms with Crippen LogP contribution in [-0.4, -0.2) is 44.1 Å². The van der Waals surface area contributed by atoms with E-state index in [9.17, 15) is 14.4 Å². The summed E-state index contributed by atoms with van der Waals surface area (Å²) in [7, 11) is 1.55. The molecule has 1 heterocycles. The molecule has 1 N–H and O–H groups in total. The van der Waals surface area contributed by atoms with Crippen LogP contribution in [0.2, 0.25) is 0 Å². The van der Waals surface area contributed by atoms with Crippen LogP contribution >= 0.6 is 0 Å². The molecule has 29 heavy (non-hydrogen) atoms. The van der Waals surface area contributed by atoms with Crippen molar-refractivity contribution in [1.82, 2.24) is 0 Å². The lowest BCUT2D eigenvalue weighted by atomic mass is 10.2. The third-order valence-corrected chi connectivity index (χ3v) is 4.35. The molecule has 0 unspecified atom stereocenters. The number of ether oxygens (including phenoxy) is 3. The number of rotatable bonds is 6. The molecule has 0 fully saturated rings. The Balaban J connectivity index is 1.60. The third-order valence-electron chi connectivity index (χ3n) is 4.35. The minimum Gasteiger partial charge on any atom is -0.497 e. The molecule has 0 spiro atoms. The van der Waals surface area contributed by atoms with Crippen molar-refractivity contribution in [1.29, 1.82) is 0 Å². The number of hydrogen-bond donors (Lipinski definition) is 1. The van der Waals surface area contributed by atoms with Gasteiger partial charge in [-0.15, -0.1) is 0 Å². The summed E-state index contributed by atoms with van der Waals surface area (Å²) in [4.78, 5) is 38.4. The van der Waals surface area contributed by atoms with E-state index in [1.165, 1.54) is 11.8 Å². The minimum absolute atomic E-state index is 0.148. The summed E-state index contributed by atoms with van der Waals surface area (Å²) in [5, 5.41) is 2.66. The van der Waals surface area contributed by atoms with Gasteiger partial charge in [-0.25, -0.2) is 0 Å². The van der Waals surface area contributed by atoms with Gasteiger partial charge in [0.2, 0.25) is 5.91 Å². The summed E-state index contributed by atoms with van der Waals surface area (Å²) in [6.07, 6.45) is -0.881. The first-order chi connectivity index (χ1) is 14.0. The molecular weight excluding hydrogens is 376 g/mol. The number of anilines is 2. The van der Waals surface area contributed by atoms with Gasteiger partial charge in [-0.2, -0.15) is 0 Å². The minimum atomic E-state index is -1.03. The van der Waals surface area contributed by atoms with Crippen molar-refractivity contribution in [3.8, 4) is 11.5 Å². The lowest BCUT2D eigenvalue weighted by Crippen LogP contribution is -2.39. The normalized spacial score (nSPS) is 14.1. The summed E-state index contributed by atoms with van der Waals surface area (Å²) in [6, 6.07) is 13.7. The Hall–Kier alpha value is -3.55. The van der Waals surface area contributed by atoms with Gasteiger partial charge in [-0.3, -0.25) is 19.3 Å². The van der Waals surface area contributed by atoms with Crippen LogP contribution in [0.25, 0.3) is 0 Å². The maximum atomic E-state index is 12.4. The van der Waals surface area contributed by atoms with E-state index in [2.05, 4.69) is 5.32 Å². The van der Waals surface area contributed by atoms with Crippen LogP contribution in [0.1, 0.15) is 13.3 Å². The Morgan fingerprint density at radius 1 is 1.17 bits per heavy atom. The van der Waals surface area contributed by atoms with Crippen molar-refractivity contribution in [2.75, 3.05) is 30.5 Å². The van der Waals surface area contributed by atoms with Gasteiger partial charge in [0.25, 0.3) is 5.91 Å². The van der Waals surface area contributed by atoms with E-state index in [4.69, 9.17) is 14.2 Å². The van der Waals surface area contributed by atoms with Gasteiger partial charge in [0.1, 0.15) is 18.0 Å². The van der Waals surface area contributed by atoms with Crippen LogP contribution in [0.5, 0.6) is 11.5 Å². The summed E-state index contributed by atoms with van der Waals surface area (Å²) < 4.78 is 15.8. The first-order valence-corrected chi connectivity index (χ1v) is 9.14. The van der Waals surface area contributed by atoms with E-state index in [0.717, 1.165) is 0 Å². The molecule has 3 rings (SSSR count). The van der Waals surface area contributed by atoms with Crippen molar-refractivity contribution >= 4 is 29.2 Å². The number of nitrogens with zero attached hydrogens (tertiary/aromatic N) is 1. The maximum absolute atomic E-state index is 12.4. The van der Waals surface area contributed by atoms with Crippen LogP contribution in [0, 0.1) is 0 Å². The van der Waals surface area contributed by atoms with E-state index >= 15 is 0 Å². The van der Waals surface area contributed by atoms with Crippen molar-refractivity contribution < 1.29 is 28.6 Å². The number of fused-ring (bicyclic) bond motifs is 1. The zero-order valence-electron chi connectivity index (χ0n) is 16.2. The van der Waals surface area contributed by atoms with Crippen molar-refractivity contribution in [3.05, 3.63) is 48.5 Å². The average molecular weight is 398 g/mol. The van der Waals surface area contributed by atoms with Crippen molar-refractivity contribution in [2.24, 2.45) is 0 Å². The Labute approximate surface area is 168 Å². The summed E-state index contributed by atoms with van der Waals surface area (Å²) in [6.45, 7) is 1.40. The molecule has 8 heteroatoms. The molecule has 2 amide bonds. The number of esters is 1. The van der Waals surface area contributed by atoms with Gasteiger partial charge >= 0.3 is 5.97 Å². The molecule has 2 aromatic rings. The first-order valence-electron chi connectivity index (χ1n) is 9.14. The lowest BCUT2D eigenvalue weighted by Gasteiger charge is -2.22. The fourth-order valence-electron chi connectivity index (χ4n) is 2.83. The van der Waals surface area contributed by atoms with E-state index in [1.807, 2.05) is 0 Å². The molecule has 0 aliphatic carbocycles. The molecule has 0 bridgehead atoms. The zero-order chi connectivity index (χ0) is 20.8. The number of nitrogens with one attached hydrogen (secondary N) is 1. The topological polar surface area (TPSA) is 94.2 Å². The van der Waals surface area contributed by atoms with E-state index < -0.39 is 18.0 Å². The van der Waals surface area contributed by atoms with Crippen LogP contribution in [-0.2, 0) is 19.1 Å². The lowest BCUT2D eigenvalue weighted by molar-refractivity contribution is -0.152. The molecular formula is C21H22N2O6. The SMILES string of the molecule is COc1ccc(NC(=O)[C@@H](C)OC(=O)CN2C(=O)CCOc3ccccc32)cc1. The smallest absolute Gasteiger partial charge is 0.326 e. The van der Waals surface area contributed by atoms with E-state index in [1.54, 1.807) is 55.6 Å². The van der Waals surface area contributed by atoms with Crippen molar-refractivity contribution in [2.45, 2.75) is 19.4 Å². The number of hydrogen-bond acceptors (Lipinski definition) is 6. The number of para-hydroxylation sites is 2. The number of carbonyl (C=O) groups is 3. The van der Waals surface area contributed by atoms with Gasteiger partial charge in [0.05, 0.1) is 25.8 Å². The molecule has 1 atom stereocenters. The highest BCUT2D eigenvalue weighted by Crippen LogP contribution is 2.30. The monoisotopic (exact) mass is 398 g/mol. The van der Waals surface area contributed by atoms with Crippen LogP contribution in [0.15, 0.2) is 48.5 Å². The number of methoxy groups -OCH3 is 1. The summed E-state index contributed by atoms with van der Waals surface area (Å²) in [5.41, 5.74) is 1.05. The molecule has 1 aliphatic heterocycles. The highest BCUT2D eigenvalue weighted by atomic mass is 16.5. The maximum Gasteiger partial charge on any atom is 0.326 e. The standard InChI is InChI=1S/C21H22N2O6/c1-14(21(26)22-15-7-9-16(27-2)10-8-15)29-20(25)13-23-17-5-3-4-6-18(17)28-12-11-19(23)24/h3-10,14H,11-13H2,1-2H3,(H,22,26)/t14-/m1/s1. The predicted octanol–water partition coefficient (Wildman–Crippen LogP) is 2.38. The Kier molecular flexibility index (Phi) is 6.33. The molecule has 0 radical (unpaired) electrons. The van der Waals surface area contributed by atoms with Crippen LogP contribution in [0.4, 0.5) is 11.4 Å². The van der Waals surface area contributed by atoms with Gasteiger partial charge < -0.3 is 19.5 Å². The molecule has 152 valence electrons. The summed E-state index contributed by atoms with van der Waals surface area (Å²) in [5.74, 6) is -0.227. The molecule has 0 aromatic heterocycles. The molecule has 0 saturated carbocycles. The molecule has 1 aliphatic rings. The van der Waals surface area contributed by atoms with Gasteiger partial charge in [0, 0.05) is 5.69 Å². The molecule has 8 nitrogen and oxygen atoms in total. The van der Waals surface area contributed by atoms with Crippen LogP contribution in [0.3, 0.4) is 0 Å². The Morgan fingerprint density at radius 3 is 2.62 bits per heavy atom. The Morgan fingerprint density at radius 2 is 1.90 bits per heavy atom. The second kappa shape index (κ2) is 9.09. The third kappa shape index (κ3) is 5.04. The molecule has 0 saturated heterocycles. The predicted molar refractivity (Wildman–Crippen MR) is 106 cm³/mol. The largest absolute Gasteiger partial charge is 0.497 e. The van der Waals surface area contributed by atoms with Crippen molar-refractivity contribution in [3.63, 3.8) is 0 Å². The second-order valence-corrected chi connectivity index (χ2v) is 6.40. The fourth-order valence-corrected chi connectivity index (χ4v) is 2.83. The van der Waals surface area contributed by atoms with Gasteiger partial charge in [-0.05, 0) is 43.3 Å². The first kappa shape index (κ1) is 20.2. The van der Waals surface area contributed by atoms with E-state index in [-0.39, 0.29) is 25.5 Å².